The molecule has 31 heavy (non-hydrogen) atoms. The van der Waals surface area contributed by atoms with Crippen molar-refractivity contribution in [2.24, 2.45) is 0 Å². The van der Waals surface area contributed by atoms with Crippen LogP contribution in [-0.2, 0) is 16.0 Å². The largest absolute Gasteiger partial charge is 0.507 e. The van der Waals surface area contributed by atoms with E-state index < -0.39 is 0 Å². The van der Waals surface area contributed by atoms with Gasteiger partial charge in [0, 0.05) is 29.7 Å². The Morgan fingerprint density at radius 3 is 2.74 bits per heavy atom. The van der Waals surface area contributed by atoms with Crippen LogP contribution < -0.4 is 0 Å². The van der Waals surface area contributed by atoms with Crippen LogP contribution >= 0.6 is 11.6 Å². The molecule has 1 atom stereocenters. The second-order valence-electron chi connectivity index (χ2n) is 7.63. The third-order valence-corrected chi connectivity index (χ3v) is 5.35. The van der Waals surface area contributed by atoms with Crippen LogP contribution in [0.15, 0.2) is 28.7 Å². The van der Waals surface area contributed by atoms with E-state index in [-0.39, 0.29) is 18.3 Å². The number of carbonyl (C=O) groups is 1. The monoisotopic (exact) mass is 447 g/mol. The Morgan fingerprint density at radius 2 is 2.06 bits per heavy atom. The number of aryl methyl sites for hydroxylation is 1. The fourth-order valence-corrected chi connectivity index (χ4v) is 3.94. The van der Waals surface area contributed by atoms with E-state index in [1.54, 1.807) is 6.07 Å². The van der Waals surface area contributed by atoms with E-state index in [1.807, 2.05) is 19.1 Å². The molecular formula is C22H26ClN3O5. The SMILES string of the molecule is Cc1cc(Cl)cc(O)c1-c1ccc2oc(CC3CN(C(C)C)CCO3)nc2n1.O=CO. The minimum absolute atomic E-state index is 0.0613. The number of halogens is 1. The summed E-state index contributed by atoms with van der Waals surface area (Å²) in [5.41, 5.74) is 3.29. The molecular weight excluding hydrogens is 422 g/mol. The molecule has 2 aromatic heterocycles. The number of nitrogens with zero attached hydrogens (tertiary/aromatic N) is 3. The highest BCUT2D eigenvalue weighted by Gasteiger charge is 2.24. The molecule has 0 saturated carbocycles. The number of morpholine rings is 1. The van der Waals surface area contributed by atoms with Crippen molar-refractivity contribution in [2.45, 2.75) is 39.3 Å². The normalized spacial score (nSPS) is 16.9. The van der Waals surface area contributed by atoms with E-state index in [0.29, 0.717) is 45.9 Å². The summed E-state index contributed by atoms with van der Waals surface area (Å²) in [7, 11) is 0. The van der Waals surface area contributed by atoms with Gasteiger partial charge in [0.2, 0.25) is 0 Å². The zero-order valence-corrected chi connectivity index (χ0v) is 18.5. The molecule has 1 saturated heterocycles. The number of benzene rings is 1. The van der Waals surface area contributed by atoms with Gasteiger partial charge in [-0.3, -0.25) is 9.69 Å². The van der Waals surface area contributed by atoms with E-state index in [0.717, 1.165) is 25.3 Å². The van der Waals surface area contributed by atoms with Crippen molar-refractivity contribution in [1.29, 1.82) is 0 Å². The fourth-order valence-electron chi connectivity index (χ4n) is 3.68. The summed E-state index contributed by atoms with van der Waals surface area (Å²) in [6, 6.07) is 7.48. The number of phenolic OH excluding ortho intramolecular Hbond substituents is 1. The van der Waals surface area contributed by atoms with Crippen molar-refractivity contribution in [1.82, 2.24) is 14.9 Å². The number of hydrogen-bond acceptors (Lipinski definition) is 7. The lowest BCUT2D eigenvalue weighted by Crippen LogP contribution is -2.46. The van der Waals surface area contributed by atoms with Crippen LogP contribution in [0.25, 0.3) is 22.5 Å². The van der Waals surface area contributed by atoms with Crippen LogP contribution in [0.2, 0.25) is 5.02 Å². The van der Waals surface area contributed by atoms with Gasteiger partial charge < -0.3 is 19.4 Å². The van der Waals surface area contributed by atoms with Gasteiger partial charge in [-0.25, -0.2) is 4.98 Å². The first kappa shape index (κ1) is 23.0. The molecule has 0 spiro atoms. The van der Waals surface area contributed by atoms with E-state index in [4.69, 9.17) is 30.7 Å². The van der Waals surface area contributed by atoms with Crippen molar-refractivity contribution >= 4 is 29.3 Å². The van der Waals surface area contributed by atoms with Gasteiger partial charge in [-0.2, -0.15) is 4.98 Å². The van der Waals surface area contributed by atoms with Crippen LogP contribution in [0.4, 0.5) is 0 Å². The van der Waals surface area contributed by atoms with Gasteiger partial charge in [0.05, 0.1) is 24.8 Å². The molecule has 9 heteroatoms. The lowest BCUT2D eigenvalue weighted by molar-refractivity contribution is -0.122. The molecule has 0 aliphatic carbocycles. The highest BCUT2D eigenvalue weighted by molar-refractivity contribution is 6.31. The molecule has 1 unspecified atom stereocenters. The van der Waals surface area contributed by atoms with Crippen LogP contribution in [-0.4, -0.2) is 63.4 Å². The number of aromatic hydroxyl groups is 1. The predicted octanol–water partition coefficient (Wildman–Crippen LogP) is 3.91. The molecule has 1 aliphatic heterocycles. The van der Waals surface area contributed by atoms with Crippen molar-refractivity contribution in [2.75, 3.05) is 19.7 Å². The Labute approximate surface area is 185 Å². The van der Waals surface area contributed by atoms with Gasteiger partial charge in [-0.15, -0.1) is 0 Å². The molecule has 3 aromatic rings. The zero-order valence-electron chi connectivity index (χ0n) is 17.7. The molecule has 8 nitrogen and oxygen atoms in total. The van der Waals surface area contributed by atoms with Gasteiger partial charge in [-0.1, -0.05) is 11.6 Å². The van der Waals surface area contributed by atoms with Crippen LogP contribution in [0.5, 0.6) is 5.75 Å². The third-order valence-electron chi connectivity index (χ3n) is 5.14. The summed E-state index contributed by atoms with van der Waals surface area (Å²) in [6.45, 7) is 8.58. The summed E-state index contributed by atoms with van der Waals surface area (Å²) in [5.74, 6) is 0.720. The van der Waals surface area contributed by atoms with E-state index in [2.05, 4.69) is 28.7 Å². The maximum absolute atomic E-state index is 10.3. The van der Waals surface area contributed by atoms with Crippen molar-refractivity contribution in [3.8, 4) is 17.0 Å². The van der Waals surface area contributed by atoms with E-state index >= 15 is 0 Å². The molecule has 1 fully saturated rings. The number of hydrogen-bond donors (Lipinski definition) is 2. The van der Waals surface area contributed by atoms with Crippen LogP contribution in [0.3, 0.4) is 0 Å². The Hall–Kier alpha value is -2.68. The predicted molar refractivity (Wildman–Crippen MR) is 117 cm³/mol. The third kappa shape index (κ3) is 5.52. The van der Waals surface area contributed by atoms with Crippen molar-refractivity contribution in [3.05, 3.63) is 40.7 Å². The highest BCUT2D eigenvalue weighted by Crippen LogP contribution is 2.34. The minimum Gasteiger partial charge on any atom is -0.507 e. The number of rotatable bonds is 4. The lowest BCUT2D eigenvalue weighted by Gasteiger charge is -2.35. The Morgan fingerprint density at radius 1 is 1.32 bits per heavy atom. The van der Waals surface area contributed by atoms with E-state index in [9.17, 15) is 5.11 Å². The van der Waals surface area contributed by atoms with Gasteiger partial charge >= 0.3 is 0 Å². The van der Waals surface area contributed by atoms with Gasteiger partial charge in [0.15, 0.2) is 17.1 Å². The Bertz CT molecular complexity index is 1030. The summed E-state index contributed by atoms with van der Waals surface area (Å²) < 4.78 is 11.8. The zero-order chi connectivity index (χ0) is 22.5. The molecule has 1 aromatic carbocycles. The molecule has 2 N–H and O–H groups in total. The van der Waals surface area contributed by atoms with E-state index in [1.165, 1.54) is 6.07 Å². The summed E-state index contributed by atoms with van der Waals surface area (Å²) >= 11 is 6.01. The quantitative estimate of drug-likeness (QED) is 0.579. The standard InChI is InChI=1S/C21H24ClN3O3.CH2O2/c1-12(2)25-6-7-27-15(11-25)10-19-24-21-18(28-19)5-4-16(23-21)20-13(3)8-14(22)9-17(20)26;2-1-3/h4-5,8-9,12,15,26H,6-7,10-11H2,1-3H3;1H,(H,2,3). The maximum atomic E-state index is 10.3. The minimum atomic E-state index is -0.250. The first-order valence-corrected chi connectivity index (χ1v) is 10.4. The number of ether oxygens (including phenoxy) is 1. The Balaban J connectivity index is 0.000000858. The Kier molecular flexibility index (Phi) is 7.48. The molecule has 1 aliphatic rings. The average Bonchev–Trinajstić information content (AvgIpc) is 3.09. The number of oxazole rings is 1. The number of carboxylic acid groups (broad SMARTS) is 1. The molecule has 0 bridgehead atoms. The fraction of sp³-hybridized carbons (Fsp3) is 0.409. The number of pyridine rings is 1. The molecule has 3 heterocycles. The van der Waals surface area contributed by atoms with Gasteiger partial charge in [0.25, 0.3) is 6.47 Å². The topological polar surface area (TPSA) is 109 Å². The van der Waals surface area contributed by atoms with Crippen molar-refractivity contribution < 1.29 is 24.2 Å². The smallest absolute Gasteiger partial charge is 0.290 e. The van der Waals surface area contributed by atoms with Crippen LogP contribution in [0.1, 0.15) is 25.3 Å². The summed E-state index contributed by atoms with van der Waals surface area (Å²) in [4.78, 5) is 19.9. The number of phenols is 1. The number of aromatic nitrogens is 2. The highest BCUT2D eigenvalue weighted by atomic mass is 35.5. The second-order valence-corrected chi connectivity index (χ2v) is 8.07. The molecule has 4 rings (SSSR count). The molecule has 0 radical (unpaired) electrons. The first-order valence-electron chi connectivity index (χ1n) is 10.0. The summed E-state index contributed by atoms with van der Waals surface area (Å²) in [6.07, 6.45) is 0.673. The molecule has 0 amide bonds. The van der Waals surface area contributed by atoms with Gasteiger partial charge in [-0.05, 0) is 50.6 Å². The summed E-state index contributed by atoms with van der Waals surface area (Å²) in [5, 5.41) is 17.7. The first-order chi connectivity index (χ1) is 14.8. The van der Waals surface area contributed by atoms with Crippen molar-refractivity contribution in [3.63, 3.8) is 0 Å². The van der Waals surface area contributed by atoms with Gasteiger partial charge in [0.1, 0.15) is 5.75 Å². The lowest BCUT2D eigenvalue weighted by atomic mass is 10.0. The number of fused-ring (bicyclic) bond motifs is 1. The maximum Gasteiger partial charge on any atom is 0.290 e. The average molecular weight is 448 g/mol. The molecule has 166 valence electrons. The second kappa shape index (κ2) is 10.1. The van der Waals surface area contributed by atoms with Crippen LogP contribution in [0, 0.1) is 6.92 Å².